The summed E-state index contributed by atoms with van der Waals surface area (Å²) in [5.74, 6) is 0. The molecule has 2 aromatic heterocycles. The molecule has 0 radical (unpaired) electrons. The van der Waals surface area contributed by atoms with Gasteiger partial charge < -0.3 is 10.3 Å². The molecule has 15 heavy (non-hydrogen) atoms. The summed E-state index contributed by atoms with van der Waals surface area (Å²) in [7, 11) is 0. The van der Waals surface area contributed by atoms with E-state index < -0.39 is 0 Å². The van der Waals surface area contributed by atoms with Gasteiger partial charge in [-0.25, -0.2) is 4.98 Å². The average Bonchev–Trinajstić information content (AvgIpc) is 2.63. The van der Waals surface area contributed by atoms with Crippen molar-refractivity contribution in [2.24, 2.45) is 0 Å². The third-order valence-corrected chi connectivity index (χ3v) is 2.39. The van der Waals surface area contributed by atoms with Gasteiger partial charge in [-0.3, -0.25) is 4.98 Å². The van der Waals surface area contributed by atoms with Crippen LogP contribution in [0, 0.1) is 13.8 Å². The molecule has 0 atom stereocenters. The molecule has 2 rings (SSSR count). The fourth-order valence-electron chi connectivity index (χ4n) is 1.42. The molecule has 0 aliphatic heterocycles. The van der Waals surface area contributed by atoms with E-state index in [0.717, 1.165) is 29.3 Å². The lowest BCUT2D eigenvalue weighted by atomic mass is 10.3. The molecule has 0 fully saturated rings. The fourth-order valence-corrected chi connectivity index (χ4v) is 1.42. The summed E-state index contributed by atoms with van der Waals surface area (Å²) in [6.45, 7) is 4.72. The van der Waals surface area contributed by atoms with Crippen molar-refractivity contribution in [1.82, 2.24) is 15.0 Å². The molecular weight excluding hydrogens is 188 g/mol. The lowest BCUT2D eigenvalue weighted by Crippen LogP contribution is -2.03. The normalized spacial score (nSPS) is 10.3. The molecule has 0 aliphatic carbocycles. The zero-order chi connectivity index (χ0) is 10.7. The van der Waals surface area contributed by atoms with Crippen LogP contribution >= 0.6 is 0 Å². The van der Waals surface area contributed by atoms with Crippen molar-refractivity contribution in [3.05, 3.63) is 41.7 Å². The number of hydrogen-bond donors (Lipinski definition) is 2. The second-order valence-corrected chi connectivity index (χ2v) is 3.46. The van der Waals surface area contributed by atoms with E-state index in [1.165, 1.54) is 0 Å². The van der Waals surface area contributed by atoms with E-state index in [4.69, 9.17) is 0 Å². The minimum absolute atomic E-state index is 0.724. The Balaban J connectivity index is 2.06. The highest BCUT2D eigenvalue weighted by atomic mass is 15.0. The number of rotatable bonds is 3. The van der Waals surface area contributed by atoms with Crippen molar-refractivity contribution in [1.29, 1.82) is 0 Å². The largest absolute Gasteiger partial charge is 0.378 e. The molecule has 0 aromatic carbocycles. The first-order valence-electron chi connectivity index (χ1n) is 4.91. The number of nitrogens with zero attached hydrogens (tertiary/aromatic N) is 2. The van der Waals surface area contributed by atoms with Gasteiger partial charge in [0.25, 0.3) is 0 Å². The number of aryl methyl sites for hydroxylation is 2. The van der Waals surface area contributed by atoms with E-state index >= 15 is 0 Å². The lowest BCUT2D eigenvalue weighted by Gasteiger charge is -2.07. The summed E-state index contributed by atoms with van der Waals surface area (Å²) < 4.78 is 0. The van der Waals surface area contributed by atoms with Crippen LogP contribution in [0.5, 0.6) is 0 Å². The maximum absolute atomic E-state index is 4.22. The Hall–Kier alpha value is -1.84. The highest BCUT2D eigenvalue weighted by Gasteiger charge is 2.01. The summed E-state index contributed by atoms with van der Waals surface area (Å²) in [5.41, 5.74) is 4.20. The molecule has 0 amide bonds. The zero-order valence-corrected chi connectivity index (χ0v) is 8.91. The van der Waals surface area contributed by atoms with Gasteiger partial charge >= 0.3 is 0 Å². The molecular formula is C11H14N4. The van der Waals surface area contributed by atoms with Crippen molar-refractivity contribution in [3.8, 4) is 0 Å². The summed E-state index contributed by atoms with van der Waals surface area (Å²) in [6.07, 6.45) is 3.50. The van der Waals surface area contributed by atoms with Gasteiger partial charge in [0.2, 0.25) is 0 Å². The first kappa shape index (κ1) is 9.71. The van der Waals surface area contributed by atoms with Crippen LogP contribution in [0.4, 0.5) is 5.69 Å². The molecule has 4 heteroatoms. The number of aromatic nitrogens is 3. The van der Waals surface area contributed by atoms with E-state index in [1.807, 2.05) is 26.0 Å². The van der Waals surface area contributed by atoms with Crippen molar-refractivity contribution in [2.75, 3.05) is 5.32 Å². The minimum Gasteiger partial charge on any atom is -0.378 e. The number of aromatic amines is 1. The fraction of sp³-hybridized carbons (Fsp3) is 0.273. The van der Waals surface area contributed by atoms with Crippen LogP contribution < -0.4 is 5.32 Å². The number of H-pyrrole nitrogens is 1. The number of anilines is 1. The minimum atomic E-state index is 0.724. The Morgan fingerprint density at radius 1 is 1.33 bits per heavy atom. The van der Waals surface area contributed by atoms with Gasteiger partial charge in [-0.1, -0.05) is 0 Å². The second-order valence-electron chi connectivity index (χ2n) is 3.46. The third kappa shape index (κ3) is 2.15. The SMILES string of the molecule is Cc1ncccc1NCc1nc[nH]c1C. The Bertz CT molecular complexity index is 447. The Kier molecular flexibility index (Phi) is 2.67. The van der Waals surface area contributed by atoms with E-state index in [0.29, 0.717) is 0 Å². The van der Waals surface area contributed by atoms with Gasteiger partial charge in [-0.2, -0.15) is 0 Å². The summed E-state index contributed by atoms with van der Waals surface area (Å²) >= 11 is 0. The molecule has 78 valence electrons. The van der Waals surface area contributed by atoms with Gasteiger partial charge in [0.15, 0.2) is 0 Å². The predicted molar refractivity (Wildman–Crippen MR) is 59.6 cm³/mol. The summed E-state index contributed by atoms with van der Waals surface area (Å²) in [6, 6.07) is 3.94. The second kappa shape index (κ2) is 4.13. The maximum Gasteiger partial charge on any atom is 0.0925 e. The Morgan fingerprint density at radius 2 is 2.20 bits per heavy atom. The van der Waals surface area contributed by atoms with Crippen LogP contribution in [0.25, 0.3) is 0 Å². The lowest BCUT2D eigenvalue weighted by molar-refractivity contribution is 1.04. The van der Waals surface area contributed by atoms with Crippen LogP contribution in [-0.2, 0) is 6.54 Å². The van der Waals surface area contributed by atoms with Crippen LogP contribution in [0.1, 0.15) is 17.1 Å². The van der Waals surface area contributed by atoms with Gasteiger partial charge in [-0.05, 0) is 26.0 Å². The van der Waals surface area contributed by atoms with E-state index in [1.54, 1.807) is 12.5 Å². The van der Waals surface area contributed by atoms with Gasteiger partial charge in [-0.15, -0.1) is 0 Å². The van der Waals surface area contributed by atoms with Crippen molar-refractivity contribution in [3.63, 3.8) is 0 Å². The first-order chi connectivity index (χ1) is 7.27. The molecule has 0 aliphatic rings. The quantitative estimate of drug-likeness (QED) is 0.800. The maximum atomic E-state index is 4.22. The molecule has 2 N–H and O–H groups in total. The molecule has 2 heterocycles. The molecule has 0 spiro atoms. The average molecular weight is 202 g/mol. The summed E-state index contributed by atoms with van der Waals surface area (Å²) in [5, 5.41) is 3.31. The number of hydrogen-bond acceptors (Lipinski definition) is 3. The smallest absolute Gasteiger partial charge is 0.0925 e. The molecule has 0 saturated carbocycles. The molecule has 2 aromatic rings. The van der Waals surface area contributed by atoms with E-state index in [2.05, 4.69) is 20.3 Å². The number of imidazole rings is 1. The van der Waals surface area contributed by atoms with Gasteiger partial charge in [0.05, 0.1) is 29.9 Å². The highest BCUT2D eigenvalue weighted by molar-refractivity contribution is 5.46. The molecule has 4 nitrogen and oxygen atoms in total. The topological polar surface area (TPSA) is 53.6 Å². The standard InChI is InChI=1S/C11H14N4/c1-8-10(4-3-5-12-8)13-6-11-9(2)14-7-15-11/h3-5,7,13H,6H2,1-2H3,(H,14,15). The first-order valence-corrected chi connectivity index (χ1v) is 4.91. The van der Waals surface area contributed by atoms with Gasteiger partial charge in [0, 0.05) is 11.9 Å². The number of nitrogens with one attached hydrogen (secondary N) is 2. The summed E-state index contributed by atoms with van der Waals surface area (Å²) in [4.78, 5) is 11.5. The van der Waals surface area contributed by atoms with Crippen LogP contribution in [0.15, 0.2) is 24.7 Å². The Morgan fingerprint density at radius 3 is 2.87 bits per heavy atom. The molecule has 0 saturated heterocycles. The van der Waals surface area contributed by atoms with Crippen molar-refractivity contribution >= 4 is 5.69 Å². The van der Waals surface area contributed by atoms with Crippen LogP contribution in [0.3, 0.4) is 0 Å². The van der Waals surface area contributed by atoms with E-state index in [-0.39, 0.29) is 0 Å². The van der Waals surface area contributed by atoms with Gasteiger partial charge in [0.1, 0.15) is 0 Å². The highest BCUT2D eigenvalue weighted by Crippen LogP contribution is 2.12. The molecule has 0 unspecified atom stereocenters. The van der Waals surface area contributed by atoms with Crippen LogP contribution in [0.2, 0.25) is 0 Å². The van der Waals surface area contributed by atoms with Crippen molar-refractivity contribution < 1.29 is 0 Å². The van der Waals surface area contributed by atoms with E-state index in [9.17, 15) is 0 Å². The Labute approximate surface area is 88.8 Å². The number of pyridine rings is 1. The molecule has 0 bridgehead atoms. The zero-order valence-electron chi connectivity index (χ0n) is 8.91. The van der Waals surface area contributed by atoms with Crippen LogP contribution in [-0.4, -0.2) is 15.0 Å². The van der Waals surface area contributed by atoms with Crippen molar-refractivity contribution in [2.45, 2.75) is 20.4 Å². The third-order valence-electron chi connectivity index (χ3n) is 2.39. The predicted octanol–water partition coefficient (Wildman–Crippen LogP) is 2.03. The monoisotopic (exact) mass is 202 g/mol.